The molecule has 2 rings (SSSR count). The highest BCUT2D eigenvalue weighted by Crippen LogP contribution is 2.29. The number of halogens is 2. The lowest BCUT2D eigenvalue weighted by molar-refractivity contribution is 0.580. The Bertz CT molecular complexity index is 625. The molecule has 0 radical (unpaired) electrons. The highest BCUT2D eigenvalue weighted by atomic mass is 79.9. The van der Waals surface area contributed by atoms with Crippen LogP contribution < -0.4 is 5.32 Å². The Morgan fingerprint density at radius 2 is 1.95 bits per heavy atom. The average Bonchev–Trinajstić information content (AvgIpc) is 2.47. The molecule has 1 atom stereocenters. The van der Waals surface area contributed by atoms with Crippen molar-refractivity contribution in [2.24, 2.45) is 0 Å². The van der Waals surface area contributed by atoms with Crippen molar-refractivity contribution in [3.8, 4) is 0 Å². The molecule has 0 saturated heterocycles. The molecule has 0 aromatic heterocycles. The molecule has 2 aromatic carbocycles. The monoisotopic (exact) mass is 349 g/mol. The minimum absolute atomic E-state index is 0.0116. The zero-order valence-corrected chi connectivity index (χ0v) is 14.3. The van der Waals surface area contributed by atoms with Gasteiger partial charge in [0.15, 0.2) is 0 Å². The van der Waals surface area contributed by atoms with Gasteiger partial charge in [-0.05, 0) is 61.2 Å². The molecule has 0 aliphatic heterocycles. The summed E-state index contributed by atoms with van der Waals surface area (Å²) in [5.41, 5.74) is 4.01. The third-order valence-corrected chi connectivity index (χ3v) is 4.61. The van der Waals surface area contributed by atoms with E-state index in [0.717, 1.165) is 23.0 Å². The van der Waals surface area contributed by atoms with Gasteiger partial charge in [-0.1, -0.05) is 47.1 Å². The molecule has 0 heterocycles. The van der Waals surface area contributed by atoms with Crippen LogP contribution >= 0.6 is 15.9 Å². The molecule has 0 spiro atoms. The van der Waals surface area contributed by atoms with Crippen LogP contribution in [0.5, 0.6) is 0 Å². The molecule has 0 fully saturated rings. The predicted octanol–water partition coefficient (Wildman–Crippen LogP) is 5.29. The van der Waals surface area contributed by atoms with Crippen LogP contribution in [0, 0.1) is 19.7 Å². The van der Waals surface area contributed by atoms with Crippen LogP contribution in [0.2, 0.25) is 0 Å². The second-order valence-electron chi connectivity index (χ2n) is 5.35. The first-order valence-corrected chi connectivity index (χ1v) is 8.08. The van der Waals surface area contributed by atoms with Crippen molar-refractivity contribution in [1.82, 2.24) is 5.32 Å². The summed E-state index contributed by atoms with van der Waals surface area (Å²) in [6, 6.07) is 11.7. The van der Waals surface area contributed by atoms with E-state index in [4.69, 9.17) is 0 Å². The summed E-state index contributed by atoms with van der Waals surface area (Å²) in [5.74, 6) is -0.150. The Morgan fingerprint density at radius 1 is 1.19 bits per heavy atom. The summed E-state index contributed by atoms with van der Waals surface area (Å²) in [4.78, 5) is 0. The van der Waals surface area contributed by atoms with Crippen LogP contribution in [0.4, 0.5) is 4.39 Å². The number of nitrogens with one attached hydrogen (secondary N) is 1. The van der Waals surface area contributed by atoms with Gasteiger partial charge in [0.2, 0.25) is 0 Å². The standard InChI is InChI=1S/C18H21BrFN/c1-4-10-21-18(14-9-8-12(2)17(20)11-14)15-6-5-7-16(19)13(15)3/h5-9,11,18,21H,4,10H2,1-3H3. The Morgan fingerprint density at radius 3 is 2.62 bits per heavy atom. The molecule has 1 N–H and O–H groups in total. The Balaban J connectivity index is 2.47. The zero-order chi connectivity index (χ0) is 15.4. The van der Waals surface area contributed by atoms with Crippen molar-refractivity contribution in [1.29, 1.82) is 0 Å². The van der Waals surface area contributed by atoms with Gasteiger partial charge >= 0.3 is 0 Å². The maximum absolute atomic E-state index is 13.9. The van der Waals surface area contributed by atoms with E-state index < -0.39 is 0 Å². The molecule has 0 aliphatic rings. The summed E-state index contributed by atoms with van der Waals surface area (Å²) < 4.78 is 15.0. The quantitative estimate of drug-likeness (QED) is 0.772. The van der Waals surface area contributed by atoms with Gasteiger partial charge in [0.25, 0.3) is 0 Å². The smallest absolute Gasteiger partial charge is 0.126 e. The lowest BCUT2D eigenvalue weighted by atomic mass is 9.94. The number of rotatable bonds is 5. The van der Waals surface area contributed by atoms with Crippen molar-refractivity contribution < 1.29 is 4.39 Å². The second kappa shape index (κ2) is 7.19. The van der Waals surface area contributed by atoms with Crippen LogP contribution in [0.15, 0.2) is 40.9 Å². The Labute approximate surface area is 134 Å². The molecule has 21 heavy (non-hydrogen) atoms. The molecule has 0 aliphatic carbocycles. The minimum atomic E-state index is -0.150. The largest absolute Gasteiger partial charge is 0.306 e. The summed E-state index contributed by atoms with van der Waals surface area (Å²) in [6.07, 6.45) is 1.04. The first-order chi connectivity index (χ1) is 10.0. The summed E-state index contributed by atoms with van der Waals surface area (Å²) in [5, 5.41) is 3.53. The number of benzene rings is 2. The molecule has 2 aromatic rings. The number of hydrogen-bond acceptors (Lipinski definition) is 1. The minimum Gasteiger partial charge on any atom is -0.306 e. The molecular formula is C18H21BrFN. The second-order valence-corrected chi connectivity index (χ2v) is 6.20. The van der Waals surface area contributed by atoms with Gasteiger partial charge in [0.1, 0.15) is 5.82 Å². The van der Waals surface area contributed by atoms with E-state index in [1.807, 2.05) is 24.3 Å². The highest BCUT2D eigenvalue weighted by Gasteiger charge is 2.17. The first kappa shape index (κ1) is 16.2. The molecular weight excluding hydrogens is 329 g/mol. The maximum atomic E-state index is 13.9. The third kappa shape index (κ3) is 3.72. The molecule has 112 valence electrons. The summed E-state index contributed by atoms with van der Waals surface area (Å²) in [7, 11) is 0. The van der Waals surface area contributed by atoms with Crippen molar-refractivity contribution in [3.63, 3.8) is 0 Å². The van der Waals surface area contributed by atoms with Crippen molar-refractivity contribution in [2.75, 3.05) is 6.54 Å². The van der Waals surface area contributed by atoms with Crippen molar-refractivity contribution in [3.05, 3.63) is 68.9 Å². The van der Waals surface area contributed by atoms with Crippen LogP contribution in [0.25, 0.3) is 0 Å². The van der Waals surface area contributed by atoms with E-state index >= 15 is 0 Å². The Hall–Kier alpha value is -1.19. The van der Waals surface area contributed by atoms with Gasteiger partial charge in [-0.25, -0.2) is 4.39 Å². The van der Waals surface area contributed by atoms with Gasteiger partial charge in [0.05, 0.1) is 6.04 Å². The van der Waals surface area contributed by atoms with Crippen LogP contribution in [0.1, 0.15) is 41.6 Å². The zero-order valence-electron chi connectivity index (χ0n) is 12.7. The average molecular weight is 350 g/mol. The predicted molar refractivity (Wildman–Crippen MR) is 90.2 cm³/mol. The SMILES string of the molecule is CCCNC(c1ccc(C)c(F)c1)c1cccc(Br)c1C. The van der Waals surface area contributed by atoms with E-state index in [1.165, 1.54) is 11.1 Å². The summed E-state index contributed by atoms with van der Waals surface area (Å²) in [6.45, 7) is 6.90. The first-order valence-electron chi connectivity index (χ1n) is 7.29. The van der Waals surface area contributed by atoms with E-state index in [1.54, 1.807) is 13.0 Å². The number of aryl methyl sites for hydroxylation is 1. The summed E-state index contributed by atoms with van der Waals surface area (Å²) >= 11 is 3.58. The fourth-order valence-corrected chi connectivity index (χ4v) is 2.80. The Kier molecular flexibility index (Phi) is 5.54. The molecule has 1 nitrogen and oxygen atoms in total. The van der Waals surface area contributed by atoms with Gasteiger partial charge in [0, 0.05) is 4.47 Å². The van der Waals surface area contributed by atoms with E-state index in [-0.39, 0.29) is 11.9 Å². The molecule has 0 amide bonds. The topological polar surface area (TPSA) is 12.0 Å². The van der Waals surface area contributed by atoms with Crippen LogP contribution in [-0.2, 0) is 0 Å². The lowest BCUT2D eigenvalue weighted by Crippen LogP contribution is -2.24. The van der Waals surface area contributed by atoms with Crippen molar-refractivity contribution >= 4 is 15.9 Å². The van der Waals surface area contributed by atoms with Crippen LogP contribution in [-0.4, -0.2) is 6.54 Å². The highest BCUT2D eigenvalue weighted by molar-refractivity contribution is 9.10. The van der Waals surface area contributed by atoms with Gasteiger partial charge < -0.3 is 5.32 Å². The molecule has 3 heteroatoms. The van der Waals surface area contributed by atoms with Gasteiger partial charge in [-0.3, -0.25) is 0 Å². The molecule has 0 bridgehead atoms. The maximum Gasteiger partial charge on any atom is 0.126 e. The normalized spacial score (nSPS) is 12.4. The lowest BCUT2D eigenvalue weighted by Gasteiger charge is -2.22. The van der Waals surface area contributed by atoms with Gasteiger partial charge in [-0.15, -0.1) is 0 Å². The van der Waals surface area contributed by atoms with Gasteiger partial charge in [-0.2, -0.15) is 0 Å². The van der Waals surface area contributed by atoms with E-state index in [9.17, 15) is 4.39 Å². The van der Waals surface area contributed by atoms with Crippen LogP contribution in [0.3, 0.4) is 0 Å². The van der Waals surface area contributed by atoms with Crippen molar-refractivity contribution in [2.45, 2.75) is 33.2 Å². The molecule has 1 unspecified atom stereocenters. The molecule has 0 saturated carbocycles. The van der Waals surface area contributed by atoms with E-state index in [2.05, 4.69) is 41.2 Å². The third-order valence-electron chi connectivity index (χ3n) is 3.75. The number of hydrogen-bond donors (Lipinski definition) is 1. The fourth-order valence-electron chi connectivity index (χ4n) is 2.42. The van der Waals surface area contributed by atoms with E-state index in [0.29, 0.717) is 5.56 Å². The fraction of sp³-hybridized carbons (Fsp3) is 0.333.